The van der Waals surface area contributed by atoms with Crippen LogP contribution in [0.3, 0.4) is 0 Å². The van der Waals surface area contributed by atoms with Gasteiger partial charge in [0.2, 0.25) is 0 Å². The van der Waals surface area contributed by atoms with Gasteiger partial charge < -0.3 is 14.5 Å². The van der Waals surface area contributed by atoms with Crippen molar-refractivity contribution in [2.24, 2.45) is 0 Å². The van der Waals surface area contributed by atoms with E-state index in [-0.39, 0.29) is 30.0 Å². The van der Waals surface area contributed by atoms with Crippen LogP contribution in [-0.4, -0.2) is 26.9 Å². The number of hydrogen-bond acceptors (Lipinski definition) is 6. The number of nitrogens with one attached hydrogen (secondary N) is 1. The normalized spacial score (nSPS) is 18.5. The molecule has 1 saturated heterocycles. The summed E-state index contributed by atoms with van der Waals surface area (Å²) in [6, 6.07) is 6.37. The molecular formula is C21H20FN3O5S. The highest BCUT2D eigenvalue weighted by Gasteiger charge is 2.36. The second-order valence-electron chi connectivity index (χ2n) is 7.42. The van der Waals surface area contributed by atoms with Crippen molar-refractivity contribution in [3.63, 3.8) is 0 Å². The fourth-order valence-corrected chi connectivity index (χ4v) is 4.16. The lowest BCUT2D eigenvalue weighted by atomic mass is 9.94. The molecule has 2 aromatic rings. The molecule has 31 heavy (non-hydrogen) atoms. The Kier molecular flexibility index (Phi) is 5.99. The number of hydrogen-bond donors (Lipinski definition) is 1. The summed E-state index contributed by atoms with van der Waals surface area (Å²) in [5.74, 6) is -0.252. The van der Waals surface area contributed by atoms with E-state index in [4.69, 9.17) is 21.4 Å². The maximum atomic E-state index is 13.4. The minimum Gasteiger partial charge on any atom is -0.479 e. The first-order valence-corrected chi connectivity index (χ1v) is 10.3. The van der Waals surface area contributed by atoms with Crippen molar-refractivity contribution in [1.29, 1.82) is 0 Å². The fourth-order valence-electron chi connectivity index (χ4n) is 3.81. The number of amides is 1. The lowest BCUT2D eigenvalue weighted by Crippen LogP contribution is -2.41. The molecule has 1 aromatic heterocycles. The third-order valence-electron chi connectivity index (χ3n) is 5.31. The summed E-state index contributed by atoms with van der Waals surface area (Å²) in [6.07, 6.45) is 6.79. The highest BCUT2D eigenvalue weighted by molar-refractivity contribution is 7.80. The van der Waals surface area contributed by atoms with Crippen LogP contribution in [0.4, 0.5) is 10.1 Å². The Balaban J connectivity index is 1.44. The van der Waals surface area contributed by atoms with Gasteiger partial charge in [-0.25, -0.2) is 4.39 Å². The molecule has 0 spiro atoms. The quantitative estimate of drug-likeness (QED) is 0.306. The molecule has 4 rings (SSSR count). The van der Waals surface area contributed by atoms with E-state index in [0.29, 0.717) is 22.3 Å². The Bertz CT molecular complexity index is 1060. The number of nitro benzene ring substituents is 1. The number of carbonyl (C=O) groups excluding carboxylic acids is 1. The summed E-state index contributed by atoms with van der Waals surface area (Å²) < 4.78 is 24.4. The monoisotopic (exact) mass is 445 g/mol. The van der Waals surface area contributed by atoms with Crippen molar-refractivity contribution in [2.45, 2.75) is 44.8 Å². The van der Waals surface area contributed by atoms with E-state index in [0.717, 1.165) is 43.9 Å². The summed E-state index contributed by atoms with van der Waals surface area (Å²) in [5, 5.41) is 14.4. The molecule has 2 heterocycles. The predicted molar refractivity (Wildman–Crippen MR) is 114 cm³/mol. The first-order chi connectivity index (χ1) is 14.9. The lowest BCUT2D eigenvalue weighted by Gasteiger charge is -2.29. The van der Waals surface area contributed by atoms with E-state index in [1.807, 2.05) is 0 Å². The second-order valence-corrected chi connectivity index (χ2v) is 7.80. The van der Waals surface area contributed by atoms with Crippen molar-refractivity contribution >= 4 is 35.0 Å². The highest BCUT2D eigenvalue weighted by atomic mass is 32.1. The molecular weight excluding hydrogens is 425 g/mol. The number of nitro groups is 1. The summed E-state index contributed by atoms with van der Waals surface area (Å²) in [4.78, 5) is 24.9. The minimum atomic E-state index is -0.648. The third-order valence-corrected chi connectivity index (χ3v) is 5.61. The van der Waals surface area contributed by atoms with Crippen LogP contribution in [0.15, 0.2) is 40.4 Å². The van der Waals surface area contributed by atoms with Crippen molar-refractivity contribution in [3.05, 3.63) is 63.5 Å². The summed E-state index contributed by atoms with van der Waals surface area (Å²) >= 11 is 5.35. The van der Waals surface area contributed by atoms with Gasteiger partial charge in [0.1, 0.15) is 29.6 Å². The average molecular weight is 445 g/mol. The van der Waals surface area contributed by atoms with Gasteiger partial charge in [0.25, 0.3) is 5.91 Å². The van der Waals surface area contributed by atoms with Crippen molar-refractivity contribution in [1.82, 2.24) is 10.2 Å². The maximum Gasteiger partial charge on any atom is 0.311 e. The highest BCUT2D eigenvalue weighted by Crippen LogP contribution is 2.29. The summed E-state index contributed by atoms with van der Waals surface area (Å²) in [6.45, 7) is -0.137. The third kappa shape index (κ3) is 4.58. The predicted octanol–water partition coefficient (Wildman–Crippen LogP) is 4.30. The largest absolute Gasteiger partial charge is 0.479 e. The molecule has 1 aliphatic heterocycles. The molecule has 2 aliphatic rings. The molecule has 1 aromatic carbocycles. The van der Waals surface area contributed by atoms with Gasteiger partial charge in [-0.05, 0) is 43.3 Å². The lowest BCUT2D eigenvalue weighted by molar-refractivity contribution is -0.386. The smallest absolute Gasteiger partial charge is 0.311 e. The Labute approximate surface area is 182 Å². The van der Waals surface area contributed by atoms with Crippen LogP contribution in [0.5, 0.6) is 5.75 Å². The van der Waals surface area contributed by atoms with Gasteiger partial charge in [0.05, 0.1) is 4.92 Å². The fraction of sp³-hybridized carbons (Fsp3) is 0.333. The molecule has 0 unspecified atom stereocenters. The average Bonchev–Trinajstić information content (AvgIpc) is 3.30. The van der Waals surface area contributed by atoms with Crippen LogP contribution in [0.2, 0.25) is 0 Å². The van der Waals surface area contributed by atoms with Gasteiger partial charge in [-0.15, -0.1) is 0 Å². The summed E-state index contributed by atoms with van der Waals surface area (Å²) in [5.41, 5.74) is -0.00877. The Morgan fingerprint density at radius 1 is 1.29 bits per heavy atom. The number of rotatable bonds is 6. The Hall–Kier alpha value is -3.27. The molecule has 0 radical (unpaired) electrons. The van der Waals surface area contributed by atoms with Gasteiger partial charge in [-0.1, -0.05) is 19.3 Å². The number of halogens is 1. The van der Waals surface area contributed by atoms with E-state index in [9.17, 15) is 19.3 Å². The van der Waals surface area contributed by atoms with Crippen LogP contribution in [-0.2, 0) is 11.4 Å². The first-order valence-electron chi connectivity index (χ1n) is 9.94. The molecule has 2 fully saturated rings. The van der Waals surface area contributed by atoms with E-state index >= 15 is 0 Å². The van der Waals surface area contributed by atoms with Gasteiger partial charge in [0, 0.05) is 24.3 Å². The maximum absolute atomic E-state index is 13.4. The second kappa shape index (κ2) is 8.84. The van der Waals surface area contributed by atoms with Gasteiger partial charge >= 0.3 is 5.69 Å². The minimum absolute atomic E-state index is 0.120. The van der Waals surface area contributed by atoms with E-state index in [1.165, 1.54) is 6.42 Å². The number of furan rings is 1. The number of benzene rings is 1. The van der Waals surface area contributed by atoms with E-state index in [2.05, 4.69) is 5.32 Å². The number of ether oxygens (including phenoxy) is 1. The Morgan fingerprint density at radius 3 is 2.81 bits per heavy atom. The van der Waals surface area contributed by atoms with Gasteiger partial charge in [-0.2, -0.15) is 0 Å². The van der Waals surface area contributed by atoms with Crippen LogP contribution in [0, 0.1) is 15.9 Å². The van der Waals surface area contributed by atoms with Gasteiger partial charge in [-0.3, -0.25) is 19.8 Å². The zero-order chi connectivity index (χ0) is 22.0. The van der Waals surface area contributed by atoms with Crippen LogP contribution < -0.4 is 10.1 Å². The van der Waals surface area contributed by atoms with Crippen molar-refractivity contribution in [3.8, 4) is 5.75 Å². The standard InChI is InChI=1S/C21H20FN3O5S/c22-13-6-9-18(25(27)28)19(10-13)29-12-16-8-7-15(30-16)11-17-20(26)24(21(31)23-17)14-4-2-1-3-5-14/h6-11,14H,1-5,12H2,(H,23,31)/b17-11+. The molecule has 0 bridgehead atoms. The van der Waals surface area contributed by atoms with Crippen LogP contribution in [0.1, 0.15) is 43.6 Å². The first kappa shape index (κ1) is 21.0. The molecule has 0 atom stereocenters. The van der Waals surface area contributed by atoms with Crippen LogP contribution >= 0.6 is 12.2 Å². The van der Waals surface area contributed by atoms with Crippen molar-refractivity contribution < 1.29 is 23.3 Å². The van der Waals surface area contributed by atoms with Crippen LogP contribution in [0.25, 0.3) is 6.08 Å². The molecule has 1 amide bonds. The zero-order valence-corrected chi connectivity index (χ0v) is 17.3. The summed E-state index contributed by atoms with van der Waals surface area (Å²) in [7, 11) is 0. The molecule has 1 N–H and O–H groups in total. The molecule has 8 nitrogen and oxygen atoms in total. The van der Waals surface area contributed by atoms with E-state index < -0.39 is 10.7 Å². The van der Waals surface area contributed by atoms with Gasteiger partial charge in [0.15, 0.2) is 10.9 Å². The SMILES string of the molecule is O=C1/C(=C\c2ccc(COc3cc(F)ccc3[N+](=O)[O-])o2)NC(=S)N1C1CCCCC1. The van der Waals surface area contributed by atoms with Crippen molar-refractivity contribution in [2.75, 3.05) is 0 Å². The Morgan fingerprint density at radius 2 is 2.06 bits per heavy atom. The molecule has 1 saturated carbocycles. The molecule has 162 valence electrons. The molecule has 10 heteroatoms. The zero-order valence-electron chi connectivity index (χ0n) is 16.5. The van der Waals surface area contributed by atoms with E-state index in [1.54, 1.807) is 23.1 Å². The number of thiocarbonyl (C=S) groups is 1. The topological polar surface area (TPSA) is 97.8 Å². The number of carbonyl (C=O) groups is 1. The number of nitrogens with zero attached hydrogens (tertiary/aromatic N) is 2. The molecule has 1 aliphatic carbocycles.